The molecule has 5 heteroatoms. The van der Waals surface area contributed by atoms with E-state index in [9.17, 15) is 0 Å². The number of nitrogens with zero attached hydrogens (tertiary/aromatic N) is 2. The van der Waals surface area contributed by atoms with Crippen LogP contribution in [0.2, 0.25) is 10.0 Å². The molecular formula is C14H11Cl2N3. The molecule has 19 heavy (non-hydrogen) atoms. The molecule has 2 N–H and O–H groups in total. The summed E-state index contributed by atoms with van der Waals surface area (Å²) in [7, 11) is 0. The number of halogens is 2. The van der Waals surface area contributed by atoms with Gasteiger partial charge in [-0.15, -0.1) is 0 Å². The van der Waals surface area contributed by atoms with Gasteiger partial charge < -0.3 is 5.73 Å². The summed E-state index contributed by atoms with van der Waals surface area (Å²) < 4.78 is 1.86. The summed E-state index contributed by atoms with van der Waals surface area (Å²) in [5, 5.41) is 1.28. The molecule has 0 bridgehead atoms. The molecule has 0 radical (unpaired) electrons. The van der Waals surface area contributed by atoms with E-state index in [1.165, 1.54) is 0 Å². The van der Waals surface area contributed by atoms with E-state index in [0.29, 0.717) is 21.5 Å². The number of hydrogen-bond acceptors (Lipinski definition) is 2. The van der Waals surface area contributed by atoms with E-state index in [1.807, 2.05) is 41.8 Å². The number of nitrogens with two attached hydrogens (primary N) is 1. The maximum absolute atomic E-state index is 6.16. The topological polar surface area (TPSA) is 43.8 Å². The third-order valence-electron chi connectivity index (χ3n) is 3.14. The molecular weight excluding hydrogens is 281 g/mol. The van der Waals surface area contributed by atoms with Crippen molar-refractivity contribution in [1.29, 1.82) is 0 Å². The second-order valence-corrected chi connectivity index (χ2v) is 5.11. The van der Waals surface area contributed by atoms with Crippen LogP contribution in [0.5, 0.6) is 0 Å². The molecule has 1 heterocycles. The molecule has 1 aromatic heterocycles. The van der Waals surface area contributed by atoms with Crippen molar-refractivity contribution in [2.75, 3.05) is 5.73 Å². The Labute approximate surface area is 120 Å². The third kappa shape index (κ3) is 1.86. The Hall–Kier alpha value is -1.71. The van der Waals surface area contributed by atoms with Gasteiger partial charge in [0.15, 0.2) is 0 Å². The van der Waals surface area contributed by atoms with Gasteiger partial charge >= 0.3 is 0 Å². The standard InChI is InChI=1S/C14H11Cl2N3/c1-8-9(15)4-2-6-11(8)19-12-7-3-5-10(16)13(12)18-14(19)17/h2-7H,1H3,(H2,17,18). The molecule has 0 aliphatic heterocycles. The number of aromatic nitrogens is 2. The van der Waals surface area contributed by atoms with Crippen LogP contribution in [0.3, 0.4) is 0 Å². The first kappa shape index (κ1) is 12.3. The summed E-state index contributed by atoms with van der Waals surface area (Å²) in [5.74, 6) is 0.397. The predicted octanol–water partition coefficient (Wildman–Crippen LogP) is 4.22. The van der Waals surface area contributed by atoms with Crippen LogP contribution in [0.4, 0.5) is 5.95 Å². The van der Waals surface area contributed by atoms with Gasteiger partial charge in [0.05, 0.1) is 16.2 Å². The Kier molecular flexibility index (Phi) is 2.88. The number of hydrogen-bond donors (Lipinski definition) is 1. The summed E-state index contributed by atoms with van der Waals surface area (Å²) in [4.78, 5) is 4.33. The number of nitrogen functional groups attached to an aromatic ring is 1. The summed E-state index contributed by atoms with van der Waals surface area (Å²) in [6, 6.07) is 11.3. The fraction of sp³-hybridized carbons (Fsp3) is 0.0714. The van der Waals surface area contributed by atoms with Crippen LogP contribution in [-0.4, -0.2) is 9.55 Å². The molecule has 0 aliphatic rings. The van der Waals surface area contributed by atoms with Gasteiger partial charge in [0.25, 0.3) is 0 Å². The minimum Gasteiger partial charge on any atom is -0.369 e. The first-order valence-corrected chi connectivity index (χ1v) is 6.53. The lowest BCUT2D eigenvalue weighted by Gasteiger charge is -2.11. The molecule has 3 rings (SSSR count). The van der Waals surface area contributed by atoms with Crippen LogP contribution in [0.15, 0.2) is 36.4 Å². The van der Waals surface area contributed by atoms with Crippen molar-refractivity contribution in [3.63, 3.8) is 0 Å². The van der Waals surface area contributed by atoms with Crippen molar-refractivity contribution in [2.24, 2.45) is 0 Å². The highest BCUT2D eigenvalue weighted by atomic mass is 35.5. The molecule has 0 saturated heterocycles. The number of imidazole rings is 1. The summed E-state index contributed by atoms with van der Waals surface area (Å²) in [5.41, 5.74) is 9.46. The highest BCUT2D eigenvalue weighted by Gasteiger charge is 2.14. The first-order chi connectivity index (χ1) is 9.09. The molecule has 0 fully saturated rings. The van der Waals surface area contributed by atoms with Crippen LogP contribution >= 0.6 is 23.2 Å². The lowest BCUT2D eigenvalue weighted by Crippen LogP contribution is -2.02. The minimum absolute atomic E-state index is 0.397. The number of rotatable bonds is 1. The molecule has 96 valence electrons. The van der Waals surface area contributed by atoms with Crippen LogP contribution in [0.25, 0.3) is 16.7 Å². The second-order valence-electron chi connectivity index (χ2n) is 4.30. The number of anilines is 1. The lowest BCUT2D eigenvalue weighted by molar-refractivity contribution is 1.09. The average Bonchev–Trinajstić information content (AvgIpc) is 2.71. The molecule has 0 spiro atoms. The van der Waals surface area contributed by atoms with Gasteiger partial charge in [-0.05, 0) is 36.8 Å². The van der Waals surface area contributed by atoms with E-state index in [-0.39, 0.29) is 0 Å². The maximum Gasteiger partial charge on any atom is 0.205 e. The third-order valence-corrected chi connectivity index (χ3v) is 3.86. The van der Waals surface area contributed by atoms with Crippen molar-refractivity contribution in [3.8, 4) is 5.69 Å². The average molecular weight is 292 g/mol. The quantitative estimate of drug-likeness (QED) is 0.729. The van der Waals surface area contributed by atoms with Crippen molar-refractivity contribution in [2.45, 2.75) is 6.92 Å². The fourth-order valence-electron chi connectivity index (χ4n) is 2.17. The van der Waals surface area contributed by atoms with Crippen LogP contribution < -0.4 is 5.73 Å². The molecule has 2 aromatic carbocycles. The van der Waals surface area contributed by atoms with Gasteiger partial charge in [-0.25, -0.2) is 4.98 Å². The SMILES string of the molecule is Cc1c(Cl)cccc1-n1c(N)nc2c(Cl)cccc21. The Morgan fingerprint density at radius 1 is 1.05 bits per heavy atom. The van der Waals surface area contributed by atoms with E-state index >= 15 is 0 Å². The zero-order chi connectivity index (χ0) is 13.6. The van der Waals surface area contributed by atoms with Crippen molar-refractivity contribution >= 4 is 40.2 Å². The van der Waals surface area contributed by atoms with Crippen molar-refractivity contribution < 1.29 is 0 Å². The zero-order valence-corrected chi connectivity index (χ0v) is 11.7. The number of fused-ring (bicyclic) bond motifs is 1. The lowest BCUT2D eigenvalue weighted by atomic mass is 10.2. The Bertz CT molecular complexity index is 778. The Morgan fingerprint density at radius 2 is 1.74 bits per heavy atom. The Morgan fingerprint density at radius 3 is 2.53 bits per heavy atom. The van der Waals surface area contributed by atoms with Gasteiger partial charge in [0.2, 0.25) is 5.95 Å². The van der Waals surface area contributed by atoms with Gasteiger partial charge in [0, 0.05) is 5.02 Å². The number of para-hydroxylation sites is 1. The van der Waals surface area contributed by atoms with E-state index in [4.69, 9.17) is 28.9 Å². The van der Waals surface area contributed by atoms with Gasteiger partial charge in [-0.1, -0.05) is 35.3 Å². The van der Waals surface area contributed by atoms with Gasteiger partial charge in [-0.3, -0.25) is 4.57 Å². The molecule has 0 aliphatic carbocycles. The van der Waals surface area contributed by atoms with E-state index in [0.717, 1.165) is 16.8 Å². The highest BCUT2D eigenvalue weighted by molar-refractivity contribution is 6.35. The minimum atomic E-state index is 0.397. The summed E-state index contributed by atoms with van der Waals surface area (Å²) in [6.45, 7) is 1.95. The maximum atomic E-state index is 6.16. The van der Waals surface area contributed by atoms with E-state index < -0.39 is 0 Å². The molecule has 3 nitrogen and oxygen atoms in total. The van der Waals surface area contributed by atoms with Crippen LogP contribution in [-0.2, 0) is 0 Å². The van der Waals surface area contributed by atoms with Crippen molar-refractivity contribution in [3.05, 3.63) is 52.0 Å². The van der Waals surface area contributed by atoms with Gasteiger partial charge in [0.1, 0.15) is 5.52 Å². The fourth-order valence-corrected chi connectivity index (χ4v) is 2.56. The smallest absolute Gasteiger partial charge is 0.205 e. The molecule has 3 aromatic rings. The monoisotopic (exact) mass is 291 g/mol. The predicted molar refractivity (Wildman–Crippen MR) is 80.2 cm³/mol. The van der Waals surface area contributed by atoms with Crippen molar-refractivity contribution in [1.82, 2.24) is 9.55 Å². The van der Waals surface area contributed by atoms with Crippen LogP contribution in [0, 0.1) is 6.92 Å². The highest BCUT2D eigenvalue weighted by Crippen LogP contribution is 2.31. The number of benzene rings is 2. The zero-order valence-electron chi connectivity index (χ0n) is 10.2. The summed E-state index contributed by atoms with van der Waals surface area (Å²) >= 11 is 12.3. The van der Waals surface area contributed by atoms with Crippen LogP contribution in [0.1, 0.15) is 5.56 Å². The second kappa shape index (κ2) is 4.44. The molecule has 0 atom stereocenters. The largest absolute Gasteiger partial charge is 0.369 e. The normalized spacial score (nSPS) is 11.1. The molecule has 0 unspecified atom stereocenters. The summed E-state index contributed by atoms with van der Waals surface area (Å²) in [6.07, 6.45) is 0. The van der Waals surface area contributed by atoms with Gasteiger partial charge in [-0.2, -0.15) is 0 Å². The molecule has 0 amide bonds. The first-order valence-electron chi connectivity index (χ1n) is 5.77. The Balaban J connectivity index is 2.40. The van der Waals surface area contributed by atoms with E-state index in [1.54, 1.807) is 6.07 Å². The molecule has 0 saturated carbocycles. The van der Waals surface area contributed by atoms with E-state index in [2.05, 4.69) is 4.98 Å².